The minimum Gasteiger partial charge on any atom is -0.355 e. The van der Waals surface area contributed by atoms with Crippen LogP contribution in [0.25, 0.3) is 22.2 Å². The molecule has 0 bridgehead atoms. The first-order chi connectivity index (χ1) is 11.3. The van der Waals surface area contributed by atoms with Crippen molar-refractivity contribution in [3.63, 3.8) is 0 Å². The molecule has 4 rings (SSSR count). The average molecular weight is 301 g/mol. The molecule has 1 heterocycles. The number of aromatic nitrogens is 2. The van der Waals surface area contributed by atoms with Crippen LogP contribution in [0.4, 0.5) is 11.4 Å². The Morgan fingerprint density at radius 1 is 0.739 bits per heavy atom. The van der Waals surface area contributed by atoms with Gasteiger partial charge in [0.2, 0.25) is 0 Å². The van der Waals surface area contributed by atoms with E-state index in [0.717, 1.165) is 33.5 Å². The van der Waals surface area contributed by atoms with Gasteiger partial charge in [0.25, 0.3) is 0 Å². The summed E-state index contributed by atoms with van der Waals surface area (Å²) in [5, 5.41) is 3.44. The van der Waals surface area contributed by atoms with Crippen LogP contribution in [-0.4, -0.2) is 9.97 Å². The fourth-order valence-corrected chi connectivity index (χ4v) is 2.72. The highest BCUT2D eigenvalue weighted by molar-refractivity contribution is 5.92. The van der Waals surface area contributed by atoms with Gasteiger partial charge in [0.15, 0.2) is 0 Å². The van der Waals surface area contributed by atoms with Gasteiger partial charge in [-0.05, 0) is 29.8 Å². The summed E-state index contributed by atoms with van der Waals surface area (Å²) in [6.07, 6.45) is 0. The van der Waals surface area contributed by atoms with Crippen LogP contribution in [0.2, 0.25) is 0 Å². The lowest BCUT2D eigenvalue weighted by Crippen LogP contribution is -1.99. The maximum atomic E-state index is 11.6. The highest BCUT2D eigenvalue weighted by Crippen LogP contribution is 2.33. The second kappa shape index (κ2) is 5.50. The van der Waals surface area contributed by atoms with Crippen molar-refractivity contribution >= 4 is 22.4 Å². The molecule has 0 atom stereocenters. The smallest absolute Gasteiger partial charge is 0.323 e. The number of nitrogens with one attached hydrogen (secondary N) is 3. The predicted molar refractivity (Wildman–Crippen MR) is 94.1 cm³/mol. The summed E-state index contributed by atoms with van der Waals surface area (Å²) in [5.41, 5.74) is 5.47. The largest absolute Gasteiger partial charge is 0.355 e. The zero-order chi connectivity index (χ0) is 15.6. The van der Waals surface area contributed by atoms with E-state index in [1.54, 1.807) is 0 Å². The molecule has 0 saturated carbocycles. The number of H-pyrrole nitrogens is 2. The summed E-state index contributed by atoms with van der Waals surface area (Å²) in [5.74, 6) is 0. The Labute approximate surface area is 132 Å². The Kier molecular flexibility index (Phi) is 3.20. The second-order valence-corrected chi connectivity index (χ2v) is 5.38. The van der Waals surface area contributed by atoms with Gasteiger partial charge >= 0.3 is 5.69 Å². The molecular formula is C19H15N3O. The summed E-state index contributed by atoms with van der Waals surface area (Å²) in [6, 6.07) is 24.1. The molecule has 0 fully saturated rings. The van der Waals surface area contributed by atoms with E-state index in [1.807, 2.05) is 60.7 Å². The number of fused-ring (bicyclic) bond motifs is 1. The number of rotatable bonds is 3. The van der Waals surface area contributed by atoms with Gasteiger partial charge in [0, 0.05) is 16.9 Å². The SMILES string of the molecule is O=c1[nH]c2cc(Nc3ccccc3)c(-c3ccccc3)cc2[nH]1. The Morgan fingerprint density at radius 2 is 1.35 bits per heavy atom. The Bertz CT molecular complexity index is 1000. The van der Waals surface area contributed by atoms with Crippen LogP contribution in [0.15, 0.2) is 77.6 Å². The molecule has 0 aliphatic carbocycles. The van der Waals surface area contributed by atoms with E-state index in [9.17, 15) is 4.79 Å². The monoisotopic (exact) mass is 301 g/mol. The Balaban J connectivity index is 1.91. The molecule has 0 spiro atoms. The van der Waals surface area contributed by atoms with Gasteiger partial charge in [-0.15, -0.1) is 0 Å². The molecule has 4 nitrogen and oxygen atoms in total. The molecule has 3 N–H and O–H groups in total. The number of anilines is 2. The number of hydrogen-bond acceptors (Lipinski definition) is 2. The topological polar surface area (TPSA) is 60.7 Å². The van der Waals surface area contributed by atoms with Gasteiger partial charge in [-0.2, -0.15) is 0 Å². The van der Waals surface area contributed by atoms with Gasteiger partial charge in [-0.25, -0.2) is 4.79 Å². The number of hydrogen-bond donors (Lipinski definition) is 3. The van der Waals surface area contributed by atoms with Crippen LogP contribution >= 0.6 is 0 Å². The molecule has 0 radical (unpaired) electrons. The van der Waals surface area contributed by atoms with Crippen LogP contribution in [0.3, 0.4) is 0 Å². The van der Waals surface area contributed by atoms with Crippen LogP contribution < -0.4 is 11.0 Å². The van der Waals surface area contributed by atoms with E-state index in [2.05, 4.69) is 27.4 Å². The first-order valence-corrected chi connectivity index (χ1v) is 7.43. The normalized spacial score (nSPS) is 10.8. The van der Waals surface area contributed by atoms with Crippen molar-refractivity contribution in [1.82, 2.24) is 9.97 Å². The van der Waals surface area contributed by atoms with Gasteiger partial charge in [0.1, 0.15) is 0 Å². The van der Waals surface area contributed by atoms with E-state index in [-0.39, 0.29) is 5.69 Å². The summed E-state index contributed by atoms with van der Waals surface area (Å²) >= 11 is 0. The van der Waals surface area contributed by atoms with Crippen molar-refractivity contribution in [2.45, 2.75) is 0 Å². The Morgan fingerprint density at radius 3 is 2.04 bits per heavy atom. The van der Waals surface area contributed by atoms with Crippen LogP contribution in [0.5, 0.6) is 0 Å². The van der Waals surface area contributed by atoms with Gasteiger partial charge in [-0.3, -0.25) is 0 Å². The zero-order valence-corrected chi connectivity index (χ0v) is 12.3. The number of imidazole rings is 1. The zero-order valence-electron chi connectivity index (χ0n) is 12.3. The van der Waals surface area contributed by atoms with E-state index >= 15 is 0 Å². The highest BCUT2D eigenvalue weighted by atomic mass is 16.1. The molecule has 0 saturated heterocycles. The van der Waals surface area contributed by atoms with E-state index in [0.29, 0.717) is 0 Å². The molecule has 0 amide bonds. The van der Waals surface area contributed by atoms with E-state index < -0.39 is 0 Å². The molecule has 23 heavy (non-hydrogen) atoms. The predicted octanol–water partition coefficient (Wildman–Crippen LogP) is 4.27. The number of benzene rings is 3. The van der Waals surface area contributed by atoms with E-state index in [1.165, 1.54) is 0 Å². The summed E-state index contributed by atoms with van der Waals surface area (Å²) in [6.45, 7) is 0. The molecule has 4 heteroatoms. The third-order valence-corrected chi connectivity index (χ3v) is 3.79. The van der Waals surface area contributed by atoms with Crippen molar-refractivity contribution in [2.24, 2.45) is 0 Å². The van der Waals surface area contributed by atoms with Crippen molar-refractivity contribution < 1.29 is 0 Å². The van der Waals surface area contributed by atoms with Crippen molar-refractivity contribution in [2.75, 3.05) is 5.32 Å². The Hall–Kier alpha value is -3.27. The van der Waals surface area contributed by atoms with E-state index in [4.69, 9.17) is 0 Å². The van der Waals surface area contributed by atoms with Crippen molar-refractivity contribution in [1.29, 1.82) is 0 Å². The van der Waals surface area contributed by atoms with Crippen LogP contribution in [0.1, 0.15) is 0 Å². The number of para-hydroxylation sites is 1. The fraction of sp³-hybridized carbons (Fsp3) is 0. The molecule has 0 aliphatic rings. The van der Waals surface area contributed by atoms with Gasteiger partial charge in [-0.1, -0.05) is 48.5 Å². The third-order valence-electron chi connectivity index (χ3n) is 3.79. The summed E-state index contributed by atoms with van der Waals surface area (Å²) in [4.78, 5) is 17.2. The van der Waals surface area contributed by atoms with Crippen molar-refractivity contribution in [3.8, 4) is 11.1 Å². The summed E-state index contributed by atoms with van der Waals surface area (Å²) < 4.78 is 0. The minimum atomic E-state index is -0.198. The molecule has 0 aliphatic heterocycles. The average Bonchev–Trinajstić information content (AvgIpc) is 2.95. The lowest BCUT2D eigenvalue weighted by Gasteiger charge is -2.13. The lowest BCUT2D eigenvalue weighted by atomic mass is 10.0. The molecule has 0 unspecified atom stereocenters. The van der Waals surface area contributed by atoms with Gasteiger partial charge < -0.3 is 15.3 Å². The summed E-state index contributed by atoms with van der Waals surface area (Å²) in [7, 11) is 0. The van der Waals surface area contributed by atoms with Crippen molar-refractivity contribution in [3.05, 3.63) is 83.3 Å². The second-order valence-electron chi connectivity index (χ2n) is 5.38. The third kappa shape index (κ3) is 2.62. The first-order valence-electron chi connectivity index (χ1n) is 7.43. The lowest BCUT2D eigenvalue weighted by molar-refractivity contribution is 1.22. The number of aromatic amines is 2. The highest BCUT2D eigenvalue weighted by Gasteiger charge is 2.09. The molecular weight excluding hydrogens is 286 g/mol. The van der Waals surface area contributed by atoms with Crippen LogP contribution in [0, 0.1) is 0 Å². The molecule has 112 valence electrons. The minimum absolute atomic E-state index is 0.198. The maximum absolute atomic E-state index is 11.6. The standard InChI is InChI=1S/C19H15N3O/c23-19-21-17-11-15(13-7-3-1-4-8-13)16(12-18(17)22-19)20-14-9-5-2-6-10-14/h1-12,20H,(H2,21,22,23). The maximum Gasteiger partial charge on any atom is 0.323 e. The first kappa shape index (κ1) is 13.4. The molecule has 1 aromatic heterocycles. The molecule has 3 aromatic carbocycles. The molecule has 4 aromatic rings. The van der Waals surface area contributed by atoms with Crippen LogP contribution in [-0.2, 0) is 0 Å². The quantitative estimate of drug-likeness (QED) is 0.529. The fourth-order valence-electron chi connectivity index (χ4n) is 2.72. The van der Waals surface area contributed by atoms with Gasteiger partial charge in [0.05, 0.1) is 11.0 Å².